The van der Waals surface area contributed by atoms with Crippen molar-refractivity contribution < 1.29 is 4.39 Å². The molecule has 0 aliphatic heterocycles. The van der Waals surface area contributed by atoms with Gasteiger partial charge in [-0.2, -0.15) is 0 Å². The van der Waals surface area contributed by atoms with Crippen molar-refractivity contribution in [3.05, 3.63) is 46.9 Å². The van der Waals surface area contributed by atoms with Gasteiger partial charge in [0.25, 0.3) is 0 Å². The molecule has 0 heterocycles. The van der Waals surface area contributed by atoms with E-state index >= 15 is 0 Å². The van der Waals surface area contributed by atoms with Crippen molar-refractivity contribution >= 4 is 11.6 Å². The Hall–Kier alpha value is -1.06. The SMILES string of the molecule is C=C(N)Cc1cccc(Cl)c1F.CN. The first-order valence-corrected chi connectivity index (χ1v) is 4.43. The largest absolute Gasteiger partial charge is 0.402 e. The average Bonchev–Trinajstić information content (AvgIpc) is 2.16. The summed E-state index contributed by atoms with van der Waals surface area (Å²) in [6.07, 6.45) is 0.326. The molecule has 4 heteroatoms. The highest BCUT2D eigenvalue weighted by atomic mass is 35.5. The summed E-state index contributed by atoms with van der Waals surface area (Å²) in [4.78, 5) is 0. The highest BCUT2D eigenvalue weighted by Gasteiger charge is 2.05. The molecule has 0 spiro atoms. The fourth-order valence-electron chi connectivity index (χ4n) is 0.930. The van der Waals surface area contributed by atoms with Gasteiger partial charge in [-0.25, -0.2) is 4.39 Å². The van der Waals surface area contributed by atoms with Crippen LogP contribution in [0.4, 0.5) is 4.39 Å². The van der Waals surface area contributed by atoms with E-state index in [1.807, 2.05) is 0 Å². The first-order chi connectivity index (χ1) is 6.61. The summed E-state index contributed by atoms with van der Waals surface area (Å²) in [6.45, 7) is 3.49. The van der Waals surface area contributed by atoms with Crippen LogP contribution in [0.25, 0.3) is 0 Å². The molecule has 0 saturated heterocycles. The first kappa shape index (κ1) is 12.9. The number of hydrogen-bond acceptors (Lipinski definition) is 2. The van der Waals surface area contributed by atoms with Crippen molar-refractivity contribution in [3.63, 3.8) is 0 Å². The Balaban J connectivity index is 0.000000791. The van der Waals surface area contributed by atoms with Crippen LogP contribution < -0.4 is 11.5 Å². The zero-order valence-electron chi connectivity index (χ0n) is 8.06. The molecule has 0 unspecified atom stereocenters. The molecule has 1 aromatic carbocycles. The maximum Gasteiger partial charge on any atom is 0.145 e. The van der Waals surface area contributed by atoms with Gasteiger partial charge in [-0.1, -0.05) is 30.3 Å². The van der Waals surface area contributed by atoms with E-state index in [-0.39, 0.29) is 5.02 Å². The van der Waals surface area contributed by atoms with Gasteiger partial charge in [-0.15, -0.1) is 0 Å². The van der Waals surface area contributed by atoms with E-state index in [0.29, 0.717) is 17.7 Å². The quantitative estimate of drug-likeness (QED) is 0.795. The molecule has 14 heavy (non-hydrogen) atoms. The normalized spacial score (nSPS) is 8.86. The fraction of sp³-hybridized carbons (Fsp3) is 0.200. The number of hydrogen-bond donors (Lipinski definition) is 2. The second-order valence-electron chi connectivity index (χ2n) is 2.55. The van der Waals surface area contributed by atoms with Crippen molar-refractivity contribution in [2.24, 2.45) is 11.5 Å². The lowest BCUT2D eigenvalue weighted by Crippen LogP contribution is -2.01. The molecule has 4 N–H and O–H groups in total. The van der Waals surface area contributed by atoms with Crippen LogP contribution in [0.5, 0.6) is 0 Å². The third-order valence-corrected chi connectivity index (χ3v) is 1.74. The lowest BCUT2D eigenvalue weighted by molar-refractivity contribution is 0.613. The van der Waals surface area contributed by atoms with Crippen LogP contribution in [0.15, 0.2) is 30.5 Å². The van der Waals surface area contributed by atoms with Gasteiger partial charge in [0.05, 0.1) is 5.02 Å². The zero-order valence-corrected chi connectivity index (χ0v) is 8.81. The van der Waals surface area contributed by atoms with Gasteiger partial charge in [0.15, 0.2) is 0 Å². The Morgan fingerprint density at radius 1 is 1.50 bits per heavy atom. The van der Waals surface area contributed by atoms with Crippen LogP contribution in [0, 0.1) is 5.82 Å². The Kier molecular flexibility index (Phi) is 5.92. The Morgan fingerprint density at radius 3 is 2.57 bits per heavy atom. The van der Waals surface area contributed by atoms with Crippen LogP contribution in [-0.2, 0) is 6.42 Å². The summed E-state index contributed by atoms with van der Waals surface area (Å²) in [6, 6.07) is 4.82. The maximum absolute atomic E-state index is 13.1. The molecule has 0 fully saturated rings. The molecule has 78 valence electrons. The van der Waals surface area contributed by atoms with E-state index in [0.717, 1.165) is 0 Å². The van der Waals surface area contributed by atoms with E-state index in [4.69, 9.17) is 17.3 Å². The standard InChI is InChI=1S/C9H9ClFN.CH5N/c1-6(12)5-7-3-2-4-8(10)9(7)11;1-2/h2-4H,1,5,12H2;2H2,1H3. The lowest BCUT2D eigenvalue weighted by atomic mass is 10.1. The summed E-state index contributed by atoms with van der Waals surface area (Å²) < 4.78 is 13.1. The second kappa shape index (κ2) is 6.40. The smallest absolute Gasteiger partial charge is 0.145 e. The van der Waals surface area contributed by atoms with Gasteiger partial charge in [-0.3, -0.25) is 0 Å². The Bertz CT molecular complexity index is 313. The van der Waals surface area contributed by atoms with Crippen LogP contribution >= 0.6 is 11.6 Å². The monoisotopic (exact) mass is 216 g/mol. The van der Waals surface area contributed by atoms with Crippen LogP contribution in [0.2, 0.25) is 5.02 Å². The lowest BCUT2D eigenvalue weighted by Gasteiger charge is -2.02. The predicted octanol–water partition coefficient (Wildman–Crippen LogP) is 2.07. The molecule has 0 aromatic heterocycles. The minimum atomic E-state index is -0.411. The van der Waals surface area contributed by atoms with Crippen LogP contribution in [-0.4, -0.2) is 7.05 Å². The molecule has 0 aliphatic carbocycles. The first-order valence-electron chi connectivity index (χ1n) is 4.05. The van der Waals surface area contributed by atoms with Crippen LogP contribution in [0.3, 0.4) is 0 Å². The fourth-order valence-corrected chi connectivity index (χ4v) is 1.12. The molecule has 0 radical (unpaired) electrons. The van der Waals surface area contributed by atoms with Gasteiger partial charge >= 0.3 is 0 Å². The molecule has 0 amide bonds. The van der Waals surface area contributed by atoms with Crippen molar-refractivity contribution in [1.29, 1.82) is 0 Å². The van der Waals surface area contributed by atoms with Crippen molar-refractivity contribution in [3.8, 4) is 0 Å². The molecule has 2 nitrogen and oxygen atoms in total. The Morgan fingerprint density at radius 2 is 2.07 bits per heavy atom. The minimum absolute atomic E-state index is 0.119. The van der Waals surface area contributed by atoms with Crippen LogP contribution in [0.1, 0.15) is 5.56 Å². The summed E-state index contributed by atoms with van der Waals surface area (Å²) in [5.41, 5.74) is 10.7. The number of benzene rings is 1. The number of allylic oxidation sites excluding steroid dienone is 1. The van der Waals surface area contributed by atoms with E-state index in [2.05, 4.69) is 12.3 Å². The van der Waals surface area contributed by atoms with Crippen molar-refractivity contribution in [1.82, 2.24) is 0 Å². The Labute approximate surface area is 88.4 Å². The van der Waals surface area contributed by atoms with Crippen molar-refractivity contribution in [2.45, 2.75) is 6.42 Å². The molecule has 1 aromatic rings. The van der Waals surface area contributed by atoms with Gasteiger partial charge < -0.3 is 11.5 Å². The molecular weight excluding hydrogens is 203 g/mol. The third kappa shape index (κ3) is 3.77. The van der Waals surface area contributed by atoms with E-state index in [9.17, 15) is 4.39 Å². The number of rotatable bonds is 2. The topological polar surface area (TPSA) is 52.0 Å². The molecule has 0 bridgehead atoms. The predicted molar refractivity (Wildman–Crippen MR) is 58.6 cm³/mol. The maximum atomic E-state index is 13.1. The zero-order chi connectivity index (χ0) is 11.1. The minimum Gasteiger partial charge on any atom is -0.402 e. The highest BCUT2D eigenvalue weighted by Crippen LogP contribution is 2.18. The number of halogens is 2. The summed E-state index contributed by atoms with van der Waals surface area (Å²) in [7, 11) is 1.50. The van der Waals surface area contributed by atoms with E-state index < -0.39 is 5.82 Å². The summed E-state index contributed by atoms with van der Waals surface area (Å²) >= 11 is 5.55. The van der Waals surface area contributed by atoms with E-state index in [1.165, 1.54) is 13.1 Å². The van der Waals surface area contributed by atoms with E-state index in [1.54, 1.807) is 12.1 Å². The second-order valence-corrected chi connectivity index (χ2v) is 2.96. The van der Waals surface area contributed by atoms with Gasteiger partial charge in [0.2, 0.25) is 0 Å². The number of nitrogens with two attached hydrogens (primary N) is 2. The average molecular weight is 217 g/mol. The highest BCUT2D eigenvalue weighted by molar-refractivity contribution is 6.30. The molecule has 1 rings (SSSR count). The summed E-state index contributed by atoms with van der Waals surface area (Å²) in [5.74, 6) is -0.411. The molecule has 0 aliphatic rings. The molecule has 0 saturated carbocycles. The molecule has 0 atom stereocenters. The summed E-state index contributed by atoms with van der Waals surface area (Å²) in [5, 5.41) is 0.119. The van der Waals surface area contributed by atoms with Crippen molar-refractivity contribution in [2.75, 3.05) is 7.05 Å². The third-order valence-electron chi connectivity index (χ3n) is 1.45. The van der Waals surface area contributed by atoms with Gasteiger partial charge in [0.1, 0.15) is 5.82 Å². The van der Waals surface area contributed by atoms with Gasteiger partial charge in [-0.05, 0) is 18.7 Å². The van der Waals surface area contributed by atoms with Gasteiger partial charge in [0, 0.05) is 12.1 Å². The molecular formula is C10H14ClFN2.